The predicted octanol–water partition coefficient (Wildman–Crippen LogP) is 5.94. The summed E-state index contributed by atoms with van der Waals surface area (Å²) in [5, 5.41) is 3.68. The molecule has 0 radical (unpaired) electrons. The lowest BCUT2D eigenvalue weighted by molar-refractivity contribution is 0.462. The van der Waals surface area contributed by atoms with Crippen molar-refractivity contribution in [3.05, 3.63) is 46.8 Å². The molecule has 1 nitrogen and oxygen atoms in total. The molecular weight excluding hydrogens is 273 g/mol. The molecule has 118 valence electrons. The van der Waals surface area contributed by atoms with Crippen molar-refractivity contribution in [3.63, 3.8) is 0 Å². The maximum atomic E-state index is 13.9. The smallest absolute Gasteiger partial charge is 0.123 e. The van der Waals surface area contributed by atoms with E-state index in [0.717, 1.165) is 11.3 Å². The quantitative estimate of drug-likeness (QED) is 0.728. The molecule has 1 N–H and O–H groups in total. The van der Waals surface area contributed by atoms with Crippen LogP contribution in [0.15, 0.2) is 35.4 Å². The van der Waals surface area contributed by atoms with Crippen molar-refractivity contribution in [3.8, 4) is 0 Å². The van der Waals surface area contributed by atoms with E-state index in [1.54, 1.807) is 12.1 Å². The summed E-state index contributed by atoms with van der Waals surface area (Å²) in [5.41, 5.74) is 5.95. The largest absolute Gasteiger partial charge is 0.382 e. The van der Waals surface area contributed by atoms with Crippen LogP contribution < -0.4 is 5.32 Å². The average Bonchev–Trinajstić information content (AvgIpc) is 2.75. The van der Waals surface area contributed by atoms with Crippen molar-refractivity contribution in [1.82, 2.24) is 0 Å². The van der Waals surface area contributed by atoms with Crippen molar-refractivity contribution in [2.75, 3.05) is 5.32 Å². The lowest BCUT2D eigenvalue weighted by Crippen LogP contribution is -2.23. The van der Waals surface area contributed by atoms with Crippen LogP contribution in [0.4, 0.5) is 10.1 Å². The zero-order chi connectivity index (χ0) is 15.7. The van der Waals surface area contributed by atoms with Crippen LogP contribution in [-0.4, -0.2) is 6.04 Å². The van der Waals surface area contributed by atoms with Gasteiger partial charge in [-0.05, 0) is 62.0 Å². The third-order valence-corrected chi connectivity index (χ3v) is 5.19. The van der Waals surface area contributed by atoms with Crippen molar-refractivity contribution in [2.45, 2.75) is 58.9 Å². The Morgan fingerprint density at radius 3 is 2.45 bits per heavy atom. The van der Waals surface area contributed by atoms with Gasteiger partial charge >= 0.3 is 0 Å². The van der Waals surface area contributed by atoms with Crippen molar-refractivity contribution in [1.29, 1.82) is 0 Å². The summed E-state index contributed by atoms with van der Waals surface area (Å²) in [6.07, 6.45) is 8.66. The number of halogens is 1. The van der Waals surface area contributed by atoms with Crippen LogP contribution in [0.2, 0.25) is 0 Å². The molecule has 0 heterocycles. The fourth-order valence-electron chi connectivity index (χ4n) is 3.86. The first kappa shape index (κ1) is 15.3. The van der Waals surface area contributed by atoms with E-state index < -0.39 is 0 Å². The molecule has 22 heavy (non-hydrogen) atoms. The van der Waals surface area contributed by atoms with Crippen LogP contribution in [0.3, 0.4) is 0 Å². The molecule has 0 amide bonds. The second kappa shape index (κ2) is 6.28. The van der Waals surface area contributed by atoms with E-state index in [1.807, 2.05) is 6.07 Å². The molecule has 1 atom stereocenters. The Labute approximate surface area is 133 Å². The van der Waals surface area contributed by atoms with Gasteiger partial charge in [0.25, 0.3) is 0 Å². The Hall–Kier alpha value is -1.57. The fraction of sp³-hybridized carbons (Fsp3) is 0.500. The van der Waals surface area contributed by atoms with E-state index in [0.29, 0.717) is 12.0 Å². The third-order valence-electron chi connectivity index (χ3n) is 5.19. The fourth-order valence-corrected chi connectivity index (χ4v) is 3.86. The van der Waals surface area contributed by atoms with E-state index in [4.69, 9.17) is 0 Å². The number of allylic oxidation sites excluding steroid dienone is 4. The first-order chi connectivity index (χ1) is 10.6. The molecule has 0 spiro atoms. The summed E-state index contributed by atoms with van der Waals surface area (Å²) in [6, 6.07) is 5.71. The topological polar surface area (TPSA) is 12.0 Å². The minimum Gasteiger partial charge on any atom is -0.382 e. The molecule has 1 aromatic rings. The molecule has 0 saturated heterocycles. The Morgan fingerprint density at radius 1 is 1.09 bits per heavy atom. The van der Waals surface area contributed by atoms with Gasteiger partial charge in [-0.15, -0.1) is 0 Å². The zero-order valence-electron chi connectivity index (χ0n) is 13.9. The standard InChI is InChI=1S/C20H26FN/c1-13-11-14(2)20(15(13)3)18-12-16(21)9-10-19(18)22-17-7-5-4-6-8-17/h9-13,17,22H,4-8H2,1-3H3. The molecular formula is C20H26FN. The molecule has 1 fully saturated rings. The number of rotatable bonds is 3. The number of nitrogens with one attached hydrogen (secondary N) is 1. The van der Waals surface area contributed by atoms with Gasteiger partial charge in [-0.25, -0.2) is 4.39 Å². The summed E-state index contributed by atoms with van der Waals surface area (Å²) in [5.74, 6) is 0.289. The van der Waals surface area contributed by atoms with E-state index >= 15 is 0 Å². The maximum absolute atomic E-state index is 13.9. The van der Waals surface area contributed by atoms with E-state index in [2.05, 4.69) is 32.2 Å². The lowest BCUT2D eigenvalue weighted by Gasteiger charge is -2.26. The SMILES string of the molecule is CC1=CC(C)C(C)=C1c1cc(F)ccc1NC1CCCCC1. The maximum Gasteiger partial charge on any atom is 0.123 e. The minimum atomic E-state index is -0.156. The highest BCUT2D eigenvalue weighted by molar-refractivity contribution is 5.89. The third kappa shape index (κ3) is 2.97. The number of hydrogen-bond donors (Lipinski definition) is 1. The van der Waals surface area contributed by atoms with Gasteiger partial charge in [-0.3, -0.25) is 0 Å². The number of hydrogen-bond acceptors (Lipinski definition) is 1. The van der Waals surface area contributed by atoms with Crippen LogP contribution in [0, 0.1) is 11.7 Å². The number of benzene rings is 1. The highest BCUT2D eigenvalue weighted by Crippen LogP contribution is 2.40. The van der Waals surface area contributed by atoms with Gasteiger partial charge in [0, 0.05) is 17.3 Å². The van der Waals surface area contributed by atoms with Gasteiger partial charge in [0.05, 0.1) is 0 Å². The Kier molecular flexibility index (Phi) is 4.37. The summed E-state index contributed by atoms with van der Waals surface area (Å²) in [7, 11) is 0. The molecule has 1 aromatic carbocycles. The summed E-state index contributed by atoms with van der Waals surface area (Å²) < 4.78 is 13.9. The lowest BCUT2D eigenvalue weighted by atomic mass is 9.92. The highest BCUT2D eigenvalue weighted by Gasteiger charge is 2.22. The Bertz CT molecular complexity index is 621. The van der Waals surface area contributed by atoms with Gasteiger partial charge < -0.3 is 5.32 Å². The normalized spacial score (nSPS) is 22.9. The molecule has 1 unspecified atom stereocenters. The zero-order valence-corrected chi connectivity index (χ0v) is 13.9. The van der Waals surface area contributed by atoms with Crippen LogP contribution in [0.5, 0.6) is 0 Å². The molecule has 1 saturated carbocycles. The van der Waals surface area contributed by atoms with Gasteiger partial charge in [0.1, 0.15) is 5.82 Å². The second-order valence-electron chi connectivity index (χ2n) is 6.87. The molecule has 2 aliphatic rings. The van der Waals surface area contributed by atoms with E-state index in [1.165, 1.54) is 48.8 Å². The van der Waals surface area contributed by atoms with E-state index in [-0.39, 0.29) is 5.82 Å². The van der Waals surface area contributed by atoms with Gasteiger partial charge in [0.2, 0.25) is 0 Å². The minimum absolute atomic E-state index is 0.156. The van der Waals surface area contributed by atoms with Gasteiger partial charge in [-0.1, -0.05) is 37.8 Å². The van der Waals surface area contributed by atoms with Crippen LogP contribution >= 0.6 is 0 Å². The van der Waals surface area contributed by atoms with Crippen LogP contribution in [0.1, 0.15) is 58.4 Å². The van der Waals surface area contributed by atoms with Crippen molar-refractivity contribution >= 4 is 11.3 Å². The summed E-state index contributed by atoms with van der Waals surface area (Å²) in [4.78, 5) is 0. The highest BCUT2D eigenvalue weighted by atomic mass is 19.1. The molecule has 0 aromatic heterocycles. The number of anilines is 1. The van der Waals surface area contributed by atoms with E-state index in [9.17, 15) is 4.39 Å². The summed E-state index contributed by atoms with van der Waals surface area (Å²) >= 11 is 0. The van der Waals surface area contributed by atoms with Crippen LogP contribution in [-0.2, 0) is 0 Å². The second-order valence-corrected chi connectivity index (χ2v) is 6.87. The van der Waals surface area contributed by atoms with Crippen molar-refractivity contribution < 1.29 is 4.39 Å². The first-order valence-electron chi connectivity index (χ1n) is 8.52. The average molecular weight is 299 g/mol. The molecule has 3 rings (SSSR count). The Morgan fingerprint density at radius 2 is 1.82 bits per heavy atom. The van der Waals surface area contributed by atoms with Crippen molar-refractivity contribution in [2.24, 2.45) is 5.92 Å². The first-order valence-corrected chi connectivity index (χ1v) is 8.52. The summed E-state index contributed by atoms with van der Waals surface area (Å²) in [6.45, 7) is 6.51. The monoisotopic (exact) mass is 299 g/mol. The molecule has 0 bridgehead atoms. The predicted molar refractivity (Wildman–Crippen MR) is 92.4 cm³/mol. The van der Waals surface area contributed by atoms with Gasteiger partial charge in [-0.2, -0.15) is 0 Å². The Balaban J connectivity index is 1.96. The molecule has 2 heteroatoms. The molecule has 0 aliphatic heterocycles. The van der Waals surface area contributed by atoms with Gasteiger partial charge in [0.15, 0.2) is 0 Å². The molecule has 2 aliphatic carbocycles. The van der Waals surface area contributed by atoms with Crippen LogP contribution in [0.25, 0.3) is 5.57 Å².